The lowest BCUT2D eigenvalue weighted by Crippen LogP contribution is -1.94. The molecule has 1 heteroatoms. The van der Waals surface area contributed by atoms with Crippen molar-refractivity contribution in [1.82, 2.24) is 0 Å². The number of hydrogen-bond acceptors (Lipinski definition) is 1. The van der Waals surface area contributed by atoms with Crippen molar-refractivity contribution in [3.05, 3.63) is 0 Å². The maximum atomic E-state index is 8.56. The topological polar surface area (TPSA) is 20.2 Å². The zero-order chi connectivity index (χ0) is 4.41. The second-order valence-corrected chi connectivity index (χ2v) is 1.38. The summed E-state index contributed by atoms with van der Waals surface area (Å²) in [5, 5.41) is 8.56. The van der Waals surface area contributed by atoms with Gasteiger partial charge in [-0.3, -0.25) is 0 Å². The Balaban J connectivity index is 2.45. The summed E-state index contributed by atoms with van der Waals surface area (Å²) in [6, 6.07) is 0. The van der Waals surface area contributed by atoms with Crippen LogP contribution in [0.15, 0.2) is 0 Å². The van der Waals surface area contributed by atoms with Gasteiger partial charge in [-0.05, 0) is 6.42 Å². The van der Waals surface area contributed by atoms with E-state index in [0.717, 1.165) is 12.8 Å². The van der Waals surface area contributed by atoms with Crippen LogP contribution >= 0.6 is 0 Å². The highest BCUT2D eigenvalue weighted by Crippen LogP contribution is 1.99. The van der Waals surface area contributed by atoms with Gasteiger partial charge < -0.3 is 5.11 Å². The standard InChI is InChI=1S/C5H6O/c6-5-3-1-2-4-5/h5-6H,1,3H2/t5-/m0/s1. The van der Waals surface area contributed by atoms with E-state index in [1.165, 1.54) is 0 Å². The van der Waals surface area contributed by atoms with Crippen LogP contribution in [-0.2, 0) is 0 Å². The maximum absolute atomic E-state index is 8.56. The minimum atomic E-state index is -0.315. The molecule has 1 atom stereocenters. The van der Waals surface area contributed by atoms with Crippen molar-refractivity contribution >= 4 is 0 Å². The Morgan fingerprint density at radius 1 is 1.67 bits per heavy atom. The Kier molecular flexibility index (Phi) is 0.813. The van der Waals surface area contributed by atoms with Crippen LogP contribution in [0.4, 0.5) is 0 Å². The molecular formula is C5H6O. The van der Waals surface area contributed by atoms with Gasteiger partial charge in [0.05, 0.1) is 0 Å². The van der Waals surface area contributed by atoms with E-state index in [9.17, 15) is 0 Å². The van der Waals surface area contributed by atoms with E-state index in [2.05, 4.69) is 11.8 Å². The van der Waals surface area contributed by atoms with E-state index in [4.69, 9.17) is 5.11 Å². The molecule has 0 aromatic heterocycles. The van der Waals surface area contributed by atoms with E-state index >= 15 is 0 Å². The summed E-state index contributed by atoms with van der Waals surface area (Å²) < 4.78 is 0. The fraction of sp³-hybridized carbons (Fsp3) is 0.600. The van der Waals surface area contributed by atoms with Crippen molar-refractivity contribution in [3.8, 4) is 11.8 Å². The Bertz CT molecular complexity index is 96.2. The normalized spacial score (nSPS) is 29.2. The van der Waals surface area contributed by atoms with Gasteiger partial charge in [0.2, 0.25) is 0 Å². The van der Waals surface area contributed by atoms with Crippen LogP contribution in [0.3, 0.4) is 0 Å². The largest absolute Gasteiger partial charge is 0.380 e. The van der Waals surface area contributed by atoms with E-state index in [-0.39, 0.29) is 6.10 Å². The van der Waals surface area contributed by atoms with Gasteiger partial charge >= 0.3 is 0 Å². The highest BCUT2D eigenvalue weighted by atomic mass is 16.3. The van der Waals surface area contributed by atoms with E-state index in [1.54, 1.807) is 0 Å². The first kappa shape index (κ1) is 3.70. The lowest BCUT2D eigenvalue weighted by atomic mass is 10.3. The zero-order valence-electron chi connectivity index (χ0n) is 3.44. The average molecular weight is 82.1 g/mol. The van der Waals surface area contributed by atoms with E-state index in [0.29, 0.717) is 0 Å². The van der Waals surface area contributed by atoms with Gasteiger partial charge in [0, 0.05) is 6.42 Å². The SMILES string of the molecule is O[C@@H]1C#CCC1. The molecule has 1 aliphatic carbocycles. The van der Waals surface area contributed by atoms with Crippen molar-refractivity contribution < 1.29 is 5.11 Å². The van der Waals surface area contributed by atoms with Crippen LogP contribution in [0.5, 0.6) is 0 Å². The molecule has 1 rings (SSSR count). The zero-order valence-corrected chi connectivity index (χ0v) is 3.44. The molecule has 0 saturated heterocycles. The summed E-state index contributed by atoms with van der Waals surface area (Å²) in [7, 11) is 0. The van der Waals surface area contributed by atoms with Gasteiger partial charge in [0.1, 0.15) is 6.10 Å². The second-order valence-electron chi connectivity index (χ2n) is 1.38. The molecule has 0 saturated carbocycles. The molecule has 1 nitrogen and oxygen atoms in total. The Hall–Kier alpha value is -0.480. The highest BCUT2D eigenvalue weighted by molar-refractivity contribution is 5.10. The molecular weight excluding hydrogens is 76.1 g/mol. The first-order valence-corrected chi connectivity index (χ1v) is 2.06. The minimum absolute atomic E-state index is 0.315. The van der Waals surface area contributed by atoms with Gasteiger partial charge in [0.25, 0.3) is 0 Å². The van der Waals surface area contributed by atoms with E-state index < -0.39 is 0 Å². The van der Waals surface area contributed by atoms with Crippen molar-refractivity contribution in [2.45, 2.75) is 18.9 Å². The summed E-state index contributed by atoms with van der Waals surface area (Å²) >= 11 is 0. The molecule has 0 aromatic rings. The number of aliphatic hydroxyl groups is 1. The molecule has 0 aliphatic heterocycles. The molecule has 0 unspecified atom stereocenters. The summed E-state index contributed by atoms with van der Waals surface area (Å²) in [5.74, 6) is 5.40. The quantitative estimate of drug-likeness (QED) is 0.412. The predicted molar refractivity (Wildman–Crippen MR) is 23.0 cm³/mol. The predicted octanol–water partition coefficient (Wildman–Crippen LogP) is 0.144. The molecule has 32 valence electrons. The summed E-state index contributed by atoms with van der Waals surface area (Å²) in [5.41, 5.74) is 0. The Labute approximate surface area is 37.0 Å². The van der Waals surface area contributed by atoms with E-state index in [1.807, 2.05) is 0 Å². The molecule has 0 spiro atoms. The molecule has 1 aliphatic rings. The van der Waals surface area contributed by atoms with Crippen molar-refractivity contribution in [2.24, 2.45) is 0 Å². The van der Waals surface area contributed by atoms with Crippen LogP contribution < -0.4 is 0 Å². The second kappa shape index (κ2) is 1.32. The fourth-order valence-corrected chi connectivity index (χ4v) is 0.471. The van der Waals surface area contributed by atoms with Crippen molar-refractivity contribution in [1.29, 1.82) is 0 Å². The number of hydrogen-bond donors (Lipinski definition) is 1. The summed E-state index contributed by atoms with van der Waals surface area (Å²) in [4.78, 5) is 0. The third kappa shape index (κ3) is 0.526. The smallest absolute Gasteiger partial charge is 0.115 e. The Morgan fingerprint density at radius 2 is 2.50 bits per heavy atom. The van der Waals surface area contributed by atoms with Gasteiger partial charge in [-0.2, -0.15) is 0 Å². The van der Waals surface area contributed by atoms with Crippen LogP contribution in [0, 0.1) is 11.8 Å². The molecule has 0 aromatic carbocycles. The van der Waals surface area contributed by atoms with Crippen molar-refractivity contribution in [3.63, 3.8) is 0 Å². The average Bonchev–Trinajstić information content (AvgIpc) is 1.86. The molecule has 0 amide bonds. The lowest BCUT2D eigenvalue weighted by Gasteiger charge is -1.87. The summed E-state index contributed by atoms with van der Waals surface area (Å²) in [6.45, 7) is 0. The fourth-order valence-electron chi connectivity index (χ4n) is 0.471. The molecule has 0 radical (unpaired) electrons. The molecule has 0 fully saturated rings. The third-order valence-corrected chi connectivity index (χ3v) is 0.811. The lowest BCUT2D eigenvalue weighted by molar-refractivity contribution is 0.230. The monoisotopic (exact) mass is 82.0 g/mol. The molecule has 6 heavy (non-hydrogen) atoms. The molecule has 1 N–H and O–H groups in total. The molecule has 0 heterocycles. The third-order valence-electron chi connectivity index (χ3n) is 0.811. The van der Waals surface area contributed by atoms with Crippen LogP contribution in [0.1, 0.15) is 12.8 Å². The van der Waals surface area contributed by atoms with Crippen LogP contribution in [0.2, 0.25) is 0 Å². The Morgan fingerprint density at radius 3 is 2.67 bits per heavy atom. The van der Waals surface area contributed by atoms with Gasteiger partial charge in [-0.1, -0.05) is 5.92 Å². The number of rotatable bonds is 0. The van der Waals surface area contributed by atoms with Crippen LogP contribution in [-0.4, -0.2) is 11.2 Å². The van der Waals surface area contributed by atoms with Gasteiger partial charge in [0.15, 0.2) is 0 Å². The van der Waals surface area contributed by atoms with Crippen molar-refractivity contribution in [2.75, 3.05) is 0 Å². The first-order valence-electron chi connectivity index (χ1n) is 2.06. The van der Waals surface area contributed by atoms with Gasteiger partial charge in [-0.15, -0.1) is 5.92 Å². The highest BCUT2D eigenvalue weighted by Gasteiger charge is 2.00. The van der Waals surface area contributed by atoms with Crippen LogP contribution in [0.25, 0.3) is 0 Å². The maximum Gasteiger partial charge on any atom is 0.115 e. The summed E-state index contributed by atoms with van der Waals surface area (Å²) in [6.07, 6.45) is 1.38. The number of aliphatic hydroxyl groups excluding tert-OH is 1. The molecule has 0 bridgehead atoms. The first-order chi connectivity index (χ1) is 2.89. The van der Waals surface area contributed by atoms with Gasteiger partial charge in [-0.25, -0.2) is 0 Å². The minimum Gasteiger partial charge on any atom is -0.380 e.